The number of hydrogen-bond acceptors (Lipinski definition) is 5. The summed E-state index contributed by atoms with van der Waals surface area (Å²) in [5, 5.41) is 0. The molecule has 2 fully saturated rings. The number of methoxy groups -OCH3 is 1. The summed E-state index contributed by atoms with van der Waals surface area (Å²) in [5.41, 5.74) is 6.67. The van der Waals surface area contributed by atoms with E-state index in [1.54, 1.807) is 7.11 Å². The Morgan fingerprint density at radius 3 is 1.88 bits per heavy atom. The van der Waals surface area contributed by atoms with Gasteiger partial charge in [0.2, 0.25) is 0 Å². The van der Waals surface area contributed by atoms with E-state index in [0.717, 1.165) is 56.1 Å². The minimum absolute atomic E-state index is 0.126. The van der Waals surface area contributed by atoms with Crippen LogP contribution in [0.4, 0.5) is 5.69 Å². The zero-order chi connectivity index (χ0) is 35.2. The predicted octanol–water partition coefficient (Wildman–Crippen LogP) is 9.25. The van der Waals surface area contributed by atoms with Gasteiger partial charge in [-0.05, 0) is 66.5 Å². The van der Waals surface area contributed by atoms with Gasteiger partial charge in [-0.25, -0.2) is 4.98 Å². The molecule has 1 aliphatic carbocycles. The molecule has 6 heteroatoms. The first-order valence-electron chi connectivity index (χ1n) is 18.8. The van der Waals surface area contributed by atoms with Crippen molar-refractivity contribution in [1.29, 1.82) is 0 Å². The summed E-state index contributed by atoms with van der Waals surface area (Å²) >= 11 is 0. The number of nitrogens with one attached hydrogen (secondary N) is 1. The second-order valence-electron chi connectivity index (χ2n) is 14.2. The molecule has 6 aromatic rings. The lowest BCUT2D eigenvalue weighted by atomic mass is 9.63. The average Bonchev–Trinajstić information content (AvgIpc) is 3.94. The molecular formula is C46H48N4O2. The number of benzene rings is 5. The van der Waals surface area contributed by atoms with Crippen molar-refractivity contribution < 1.29 is 9.47 Å². The maximum atomic E-state index is 6.58. The molecule has 0 bridgehead atoms. The standard InChI is InChI=1S/C46H48N4O2/c1-51-43-27-26-39(31-44(43)52-41-24-14-15-25-41)49-28-29-50(40(33-49)30-35-16-6-2-7-17-35)45(42-32-47-34-48-42)46(36-18-8-3-9-19-36,37-20-10-4-11-21-37)38-22-12-5-13-23-38/h2-13,16-23,26-27,31-32,34,40-41,45H,14-15,24-25,28-30,33H2,1H3,(H,47,48)/t40?,45-/m1/s1. The topological polar surface area (TPSA) is 53.6 Å². The zero-order valence-electron chi connectivity index (χ0n) is 30.0. The van der Waals surface area contributed by atoms with Gasteiger partial charge in [0.05, 0.1) is 36.7 Å². The Kier molecular flexibility index (Phi) is 10.1. The van der Waals surface area contributed by atoms with Crippen LogP contribution >= 0.6 is 0 Å². The minimum atomic E-state index is -0.571. The Labute approximate surface area is 308 Å². The molecule has 1 aliphatic heterocycles. The Morgan fingerprint density at radius 2 is 1.33 bits per heavy atom. The molecule has 52 heavy (non-hydrogen) atoms. The number of anilines is 1. The Hall–Kier alpha value is -5.33. The Morgan fingerprint density at radius 1 is 0.731 bits per heavy atom. The molecule has 1 saturated heterocycles. The molecule has 0 spiro atoms. The van der Waals surface area contributed by atoms with Crippen LogP contribution in [-0.2, 0) is 11.8 Å². The third-order valence-corrected chi connectivity index (χ3v) is 11.2. The number of ether oxygens (including phenoxy) is 2. The molecule has 5 aromatic carbocycles. The first-order valence-corrected chi connectivity index (χ1v) is 18.8. The van der Waals surface area contributed by atoms with Gasteiger partial charge in [0, 0.05) is 43.6 Å². The summed E-state index contributed by atoms with van der Waals surface area (Å²) in [6.07, 6.45) is 9.75. The highest BCUT2D eigenvalue weighted by Crippen LogP contribution is 2.52. The number of aromatic nitrogens is 2. The van der Waals surface area contributed by atoms with Crippen LogP contribution in [-0.4, -0.2) is 53.8 Å². The average molecular weight is 689 g/mol. The monoisotopic (exact) mass is 688 g/mol. The van der Waals surface area contributed by atoms with Gasteiger partial charge in [-0.15, -0.1) is 0 Å². The molecule has 2 aliphatic rings. The van der Waals surface area contributed by atoms with Crippen LogP contribution in [0.25, 0.3) is 0 Å². The van der Waals surface area contributed by atoms with Crippen molar-refractivity contribution in [2.24, 2.45) is 0 Å². The van der Waals surface area contributed by atoms with Crippen molar-refractivity contribution in [2.45, 2.75) is 55.7 Å². The van der Waals surface area contributed by atoms with Gasteiger partial charge in [0.1, 0.15) is 0 Å². The third-order valence-electron chi connectivity index (χ3n) is 11.2. The molecular weight excluding hydrogens is 641 g/mol. The lowest BCUT2D eigenvalue weighted by molar-refractivity contribution is 0.0831. The number of rotatable bonds is 12. The van der Waals surface area contributed by atoms with Crippen LogP contribution in [0.3, 0.4) is 0 Å². The summed E-state index contributed by atoms with van der Waals surface area (Å²) in [6.45, 7) is 2.55. The van der Waals surface area contributed by atoms with Crippen LogP contribution in [0, 0.1) is 0 Å². The van der Waals surface area contributed by atoms with Crippen LogP contribution in [0.15, 0.2) is 152 Å². The maximum absolute atomic E-state index is 6.58. The molecule has 0 radical (unpaired) electrons. The highest BCUT2D eigenvalue weighted by Gasteiger charge is 2.50. The number of hydrogen-bond donors (Lipinski definition) is 1. The van der Waals surface area contributed by atoms with Crippen molar-refractivity contribution in [3.63, 3.8) is 0 Å². The van der Waals surface area contributed by atoms with Gasteiger partial charge >= 0.3 is 0 Å². The molecule has 264 valence electrons. The minimum Gasteiger partial charge on any atom is -0.493 e. The van der Waals surface area contributed by atoms with Gasteiger partial charge in [0.25, 0.3) is 0 Å². The second kappa shape index (κ2) is 15.5. The molecule has 2 heterocycles. The molecule has 0 amide bonds. The van der Waals surface area contributed by atoms with Crippen molar-refractivity contribution in [1.82, 2.24) is 14.9 Å². The van der Waals surface area contributed by atoms with Gasteiger partial charge in [-0.2, -0.15) is 0 Å². The fourth-order valence-corrected chi connectivity index (χ4v) is 8.79. The van der Waals surface area contributed by atoms with Crippen molar-refractivity contribution in [3.05, 3.63) is 180 Å². The van der Waals surface area contributed by atoms with Crippen molar-refractivity contribution >= 4 is 5.69 Å². The first-order chi connectivity index (χ1) is 25.7. The molecule has 1 unspecified atom stereocenters. The summed E-state index contributed by atoms with van der Waals surface area (Å²) in [6, 6.07) is 50.6. The lowest BCUT2D eigenvalue weighted by Crippen LogP contribution is -2.59. The number of imidazole rings is 1. The second-order valence-corrected chi connectivity index (χ2v) is 14.2. The lowest BCUT2D eigenvalue weighted by Gasteiger charge is -2.52. The summed E-state index contributed by atoms with van der Waals surface area (Å²) in [4.78, 5) is 13.7. The Balaban J connectivity index is 1.27. The summed E-state index contributed by atoms with van der Waals surface area (Å²) in [7, 11) is 1.73. The van der Waals surface area contributed by atoms with Gasteiger partial charge in [-0.3, -0.25) is 4.90 Å². The van der Waals surface area contributed by atoms with Crippen LogP contribution < -0.4 is 14.4 Å². The van der Waals surface area contributed by atoms with E-state index in [2.05, 4.69) is 161 Å². The molecule has 8 rings (SSSR count). The van der Waals surface area contributed by atoms with Crippen LogP contribution in [0.5, 0.6) is 11.5 Å². The van der Waals surface area contributed by atoms with E-state index in [9.17, 15) is 0 Å². The normalized spacial score (nSPS) is 17.6. The van der Waals surface area contributed by atoms with Gasteiger partial charge < -0.3 is 19.4 Å². The summed E-state index contributed by atoms with van der Waals surface area (Å²) < 4.78 is 12.4. The van der Waals surface area contributed by atoms with E-state index < -0.39 is 5.41 Å². The number of piperazine rings is 1. The predicted molar refractivity (Wildman–Crippen MR) is 209 cm³/mol. The third kappa shape index (κ3) is 6.71. The number of aromatic amines is 1. The van der Waals surface area contributed by atoms with Crippen LogP contribution in [0.2, 0.25) is 0 Å². The van der Waals surface area contributed by atoms with E-state index in [1.807, 2.05) is 6.33 Å². The zero-order valence-corrected chi connectivity index (χ0v) is 30.0. The van der Waals surface area contributed by atoms with Crippen molar-refractivity contribution in [3.8, 4) is 11.5 Å². The summed E-state index contributed by atoms with van der Waals surface area (Å²) in [5.74, 6) is 1.65. The fraction of sp³-hybridized carbons (Fsp3) is 0.283. The maximum Gasteiger partial charge on any atom is 0.163 e. The molecule has 1 aromatic heterocycles. The molecule has 2 atom stereocenters. The molecule has 6 nitrogen and oxygen atoms in total. The highest BCUT2D eigenvalue weighted by atomic mass is 16.5. The van der Waals surface area contributed by atoms with Crippen LogP contribution in [0.1, 0.15) is 59.7 Å². The smallest absolute Gasteiger partial charge is 0.163 e. The fourth-order valence-electron chi connectivity index (χ4n) is 8.79. The SMILES string of the molecule is COc1ccc(N2CCN([C@H](c3c[nH]cn3)C(c3ccccc3)(c3ccccc3)c3ccccc3)C(Cc3ccccc3)C2)cc1OC1CCCC1. The van der Waals surface area contributed by atoms with E-state index in [4.69, 9.17) is 14.5 Å². The quantitative estimate of drug-likeness (QED) is 0.130. The van der Waals surface area contributed by atoms with Gasteiger partial charge in [0.15, 0.2) is 11.5 Å². The molecule has 1 saturated carbocycles. The number of H-pyrrole nitrogens is 1. The Bertz CT molecular complexity index is 1880. The first kappa shape index (κ1) is 33.8. The number of nitrogens with zero attached hydrogens (tertiary/aromatic N) is 3. The van der Waals surface area contributed by atoms with Crippen molar-refractivity contribution in [2.75, 3.05) is 31.6 Å². The van der Waals surface area contributed by atoms with E-state index in [-0.39, 0.29) is 18.2 Å². The van der Waals surface area contributed by atoms with E-state index in [1.165, 1.54) is 40.8 Å². The van der Waals surface area contributed by atoms with E-state index in [0.29, 0.717) is 0 Å². The largest absolute Gasteiger partial charge is 0.493 e. The highest BCUT2D eigenvalue weighted by molar-refractivity contribution is 5.58. The van der Waals surface area contributed by atoms with E-state index >= 15 is 0 Å². The van der Waals surface area contributed by atoms with Gasteiger partial charge in [-0.1, -0.05) is 121 Å². The molecule has 1 N–H and O–H groups in total.